The number of nitrogens with zero attached hydrogens (tertiary/aromatic N) is 1. The first-order valence-corrected chi connectivity index (χ1v) is 8.23. The van der Waals surface area contributed by atoms with Crippen molar-refractivity contribution in [3.05, 3.63) is 56.2 Å². The number of carbonyl (C=O) groups is 1. The van der Waals surface area contributed by atoms with Crippen molar-refractivity contribution < 1.29 is 4.79 Å². The number of hydrogen-bond donors (Lipinski definition) is 0. The van der Waals surface area contributed by atoms with Gasteiger partial charge < -0.3 is 4.90 Å². The van der Waals surface area contributed by atoms with Crippen LogP contribution in [0.2, 0.25) is 0 Å². The molecule has 0 aliphatic carbocycles. The van der Waals surface area contributed by atoms with Gasteiger partial charge in [-0.3, -0.25) is 4.79 Å². The van der Waals surface area contributed by atoms with Crippen LogP contribution in [0.5, 0.6) is 0 Å². The van der Waals surface area contributed by atoms with Crippen molar-refractivity contribution in [3.8, 4) is 0 Å². The molecule has 0 amide bonds. The van der Waals surface area contributed by atoms with E-state index in [1.165, 1.54) is 10.4 Å². The second kappa shape index (κ2) is 7.16. The van der Waals surface area contributed by atoms with Gasteiger partial charge in [-0.25, -0.2) is 0 Å². The van der Waals surface area contributed by atoms with Crippen LogP contribution in [0, 0.1) is 6.92 Å². The third kappa shape index (κ3) is 4.54. The standard InChI is InChI=1S/C16H18BrNOS/c1-12-3-5-13(6-4-12)16(19)7-8-18(2)10-15-9-14(17)11-20-15/h3-6,9,11H,7-8,10H2,1-2H3. The molecule has 20 heavy (non-hydrogen) atoms. The number of halogens is 1. The Morgan fingerprint density at radius 1 is 1.30 bits per heavy atom. The Morgan fingerprint density at radius 3 is 2.60 bits per heavy atom. The molecule has 4 heteroatoms. The number of ketones is 1. The van der Waals surface area contributed by atoms with Gasteiger partial charge in [0.2, 0.25) is 0 Å². The topological polar surface area (TPSA) is 20.3 Å². The lowest BCUT2D eigenvalue weighted by Gasteiger charge is -2.14. The predicted molar refractivity (Wildman–Crippen MR) is 88.5 cm³/mol. The fourth-order valence-corrected chi connectivity index (χ4v) is 3.49. The minimum atomic E-state index is 0.212. The second-order valence-electron chi connectivity index (χ2n) is 5.01. The summed E-state index contributed by atoms with van der Waals surface area (Å²) in [6, 6.07) is 9.92. The van der Waals surface area contributed by atoms with Gasteiger partial charge in [0.25, 0.3) is 0 Å². The van der Waals surface area contributed by atoms with Crippen molar-refractivity contribution in [2.45, 2.75) is 19.9 Å². The van der Waals surface area contributed by atoms with Gasteiger partial charge in [0.05, 0.1) is 0 Å². The van der Waals surface area contributed by atoms with E-state index in [-0.39, 0.29) is 5.78 Å². The molecule has 0 saturated heterocycles. The largest absolute Gasteiger partial charge is 0.301 e. The van der Waals surface area contributed by atoms with Crippen LogP contribution in [-0.2, 0) is 6.54 Å². The number of thiophene rings is 1. The quantitative estimate of drug-likeness (QED) is 0.713. The van der Waals surface area contributed by atoms with Crippen LogP contribution in [0.1, 0.15) is 27.2 Å². The molecule has 0 atom stereocenters. The van der Waals surface area contributed by atoms with Gasteiger partial charge in [-0.05, 0) is 36.0 Å². The Balaban J connectivity index is 1.82. The monoisotopic (exact) mass is 351 g/mol. The molecule has 2 rings (SSSR count). The van der Waals surface area contributed by atoms with Gasteiger partial charge in [-0.2, -0.15) is 0 Å². The molecule has 0 spiro atoms. The van der Waals surface area contributed by atoms with Gasteiger partial charge in [0, 0.05) is 39.8 Å². The summed E-state index contributed by atoms with van der Waals surface area (Å²) in [6.07, 6.45) is 0.562. The number of rotatable bonds is 6. The molecule has 2 aromatic rings. The molecule has 1 aromatic heterocycles. The predicted octanol–water partition coefficient (Wildman–Crippen LogP) is 4.52. The normalized spacial score (nSPS) is 11.0. The van der Waals surface area contributed by atoms with Crippen LogP contribution >= 0.6 is 27.3 Å². The molecule has 0 radical (unpaired) electrons. The molecule has 1 heterocycles. The molecule has 0 aliphatic heterocycles. The zero-order chi connectivity index (χ0) is 14.5. The molecule has 0 aliphatic rings. The van der Waals surface area contributed by atoms with Crippen LogP contribution in [0.4, 0.5) is 0 Å². The highest BCUT2D eigenvalue weighted by atomic mass is 79.9. The molecule has 1 aromatic carbocycles. The molecular formula is C16H18BrNOS. The summed E-state index contributed by atoms with van der Waals surface area (Å²) >= 11 is 5.20. The van der Waals surface area contributed by atoms with Crippen molar-refractivity contribution in [1.82, 2.24) is 4.90 Å². The Labute approximate surface area is 132 Å². The molecule has 0 fully saturated rings. The smallest absolute Gasteiger partial charge is 0.164 e. The van der Waals surface area contributed by atoms with Gasteiger partial charge >= 0.3 is 0 Å². The van der Waals surface area contributed by atoms with Crippen molar-refractivity contribution in [2.75, 3.05) is 13.6 Å². The van der Waals surface area contributed by atoms with E-state index in [0.717, 1.165) is 23.1 Å². The van der Waals surface area contributed by atoms with E-state index in [9.17, 15) is 4.79 Å². The summed E-state index contributed by atoms with van der Waals surface area (Å²) in [5, 5.41) is 2.08. The first kappa shape index (κ1) is 15.4. The zero-order valence-electron chi connectivity index (χ0n) is 11.7. The lowest BCUT2D eigenvalue weighted by Crippen LogP contribution is -2.21. The van der Waals surface area contributed by atoms with Gasteiger partial charge in [-0.1, -0.05) is 29.8 Å². The lowest BCUT2D eigenvalue weighted by molar-refractivity contribution is 0.0968. The summed E-state index contributed by atoms with van der Waals surface area (Å²) in [5.74, 6) is 0.212. The number of benzene rings is 1. The minimum Gasteiger partial charge on any atom is -0.301 e. The second-order valence-corrected chi connectivity index (χ2v) is 6.92. The Bertz CT molecular complexity index is 576. The Hall–Kier alpha value is -0.970. The molecule has 0 bridgehead atoms. The SMILES string of the molecule is Cc1ccc(C(=O)CCN(C)Cc2cc(Br)cs2)cc1. The van der Waals surface area contributed by atoms with E-state index >= 15 is 0 Å². The van der Waals surface area contributed by atoms with Crippen LogP contribution in [0.3, 0.4) is 0 Å². The maximum Gasteiger partial charge on any atom is 0.164 e. The first-order chi connectivity index (χ1) is 9.54. The number of aryl methyl sites for hydroxylation is 1. The van der Waals surface area contributed by atoms with E-state index < -0.39 is 0 Å². The third-order valence-corrected chi connectivity index (χ3v) is 4.82. The van der Waals surface area contributed by atoms with Crippen molar-refractivity contribution >= 4 is 33.0 Å². The Morgan fingerprint density at radius 2 is 2.00 bits per heavy atom. The highest BCUT2D eigenvalue weighted by molar-refractivity contribution is 9.10. The molecule has 2 nitrogen and oxygen atoms in total. The van der Waals surface area contributed by atoms with Gasteiger partial charge in [-0.15, -0.1) is 11.3 Å². The molecule has 106 valence electrons. The number of hydrogen-bond acceptors (Lipinski definition) is 3. The first-order valence-electron chi connectivity index (χ1n) is 6.56. The maximum absolute atomic E-state index is 12.1. The third-order valence-electron chi connectivity index (χ3n) is 3.14. The highest BCUT2D eigenvalue weighted by Crippen LogP contribution is 2.20. The van der Waals surface area contributed by atoms with E-state index in [1.54, 1.807) is 11.3 Å². The fourth-order valence-electron chi connectivity index (χ4n) is 1.96. The van der Waals surface area contributed by atoms with Crippen molar-refractivity contribution in [3.63, 3.8) is 0 Å². The fraction of sp³-hybridized carbons (Fsp3) is 0.312. The van der Waals surface area contributed by atoms with Crippen LogP contribution in [0.25, 0.3) is 0 Å². The van der Waals surface area contributed by atoms with Crippen LogP contribution in [0.15, 0.2) is 40.2 Å². The van der Waals surface area contributed by atoms with E-state index in [1.807, 2.05) is 31.2 Å². The Kier molecular flexibility index (Phi) is 5.52. The molecule has 0 unspecified atom stereocenters. The van der Waals surface area contributed by atoms with Crippen LogP contribution in [-0.4, -0.2) is 24.3 Å². The molecular weight excluding hydrogens is 334 g/mol. The van der Waals surface area contributed by atoms with Crippen molar-refractivity contribution in [1.29, 1.82) is 0 Å². The zero-order valence-corrected chi connectivity index (χ0v) is 14.1. The summed E-state index contributed by atoms with van der Waals surface area (Å²) < 4.78 is 1.13. The van der Waals surface area contributed by atoms with E-state index in [4.69, 9.17) is 0 Å². The van der Waals surface area contributed by atoms with Gasteiger partial charge in [0.15, 0.2) is 5.78 Å². The molecule has 0 N–H and O–H groups in total. The summed E-state index contributed by atoms with van der Waals surface area (Å²) in [6.45, 7) is 3.70. The summed E-state index contributed by atoms with van der Waals surface area (Å²) in [7, 11) is 2.05. The minimum absolute atomic E-state index is 0.212. The van der Waals surface area contributed by atoms with Crippen molar-refractivity contribution in [2.24, 2.45) is 0 Å². The van der Waals surface area contributed by atoms with Gasteiger partial charge in [0.1, 0.15) is 0 Å². The lowest BCUT2D eigenvalue weighted by atomic mass is 10.1. The number of carbonyl (C=O) groups excluding carboxylic acids is 1. The van der Waals surface area contributed by atoms with Crippen LogP contribution < -0.4 is 0 Å². The maximum atomic E-state index is 12.1. The summed E-state index contributed by atoms with van der Waals surface area (Å²) in [4.78, 5) is 15.6. The summed E-state index contributed by atoms with van der Waals surface area (Å²) in [5.41, 5.74) is 1.99. The average molecular weight is 352 g/mol. The van der Waals surface area contributed by atoms with E-state index in [0.29, 0.717) is 6.42 Å². The number of Topliss-reactive ketones (excluding diaryl/α,β-unsaturated/α-hetero) is 1. The van der Waals surface area contributed by atoms with E-state index in [2.05, 4.69) is 39.3 Å². The molecule has 0 saturated carbocycles. The average Bonchev–Trinajstić information content (AvgIpc) is 2.82. The highest BCUT2D eigenvalue weighted by Gasteiger charge is 2.08.